The first-order valence-corrected chi connectivity index (χ1v) is 7.45. The largest absolute Gasteiger partial charge is 0.505 e. The number of phenols is 1. The van der Waals surface area contributed by atoms with Crippen LogP contribution < -0.4 is 4.72 Å². The van der Waals surface area contributed by atoms with Crippen LogP contribution in [0.5, 0.6) is 5.75 Å². The summed E-state index contributed by atoms with van der Waals surface area (Å²) >= 11 is 11.4. The second-order valence-electron chi connectivity index (χ2n) is 3.56. The smallest absolute Gasteiger partial charge is 0.232 e. The van der Waals surface area contributed by atoms with Gasteiger partial charge in [-0.2, -0.15) is 0 Å². The molecule has 96 valence electrons. The fraction of sp³-hybridized carbons (Fsp3) is 0.400. The molecule has 0 spiro atoms. The highest BCUT2D eigenvalue weighted by atomic mass is 35.5. The number of sulfonamides is 1. The average Bonchev–Trinajstić information content (AvgIpc) is 2.22. The average molecular weight is 298 g/mol. The first-order valence-electron chi connectivity index (χ1n) is 5.04. The van der Waals surface area contributed by atoms with Crippen molar-refractivity contribution in [2.75, 3.05) is 10.5 Å². The summed E-state index contributed by atoms with van der Waals surface area (Å²) < 4.78 is 25.6. The molecule has 0 saturated heterocycles. The number of halogens is 2. The van der Waals surface area contributed by atoms with E-state index in [1.165, 1.54) is 12.1 Å². The van der Waals surface area contributed by atoms with Gasteiger partial charge in [0.15, 0.2) is 5.75 Å². The molecule has 0 heterocycles. The molecule has 4 nitrogen and oxygen atoms in total. The monoisotopic (exact) mass is 297 g/mol. The normalized spacial score (nSPS) is 11.5. The Balaban J connectivity index is 2.89. The Kier molecular flexibility index (Phi) is 4.91. The molecule has 17 heavy (non-hydrogen) atoms. The van der Waals surface area contributed by atoms with Crippen LogP contribution in [0.4, 0.5) is 5.69 Å². The second-order valence-corrected chi connectivity index (χ2v) is 6.22. The van der Waals surface area contributed by atoms with Gasteiger partial charge in [0.25, 0.3) is 0 Å². The maximum atomic E-state index is 11.6. The molecular formula is C10H13Cl2NO3S. The van der Waals surface area contributed by atoms with Gasteiger partial charge in [-0.3, -0.25) is 4.72 Å². The zero-order valence-corrected chi connectivity index (χ0v) is 11.5. The third-order valence-corrected chi connectivity index (χ3v) is 4.01. The molecule has 1 aromatic rings. The van der Waals surface area contributed by atoms with E-state index in [0.717, 1.165) is 6.42 Å². The lowest BCUT2D eigenvalue weighted by atomic mass is 10.3. The molecule has 1 aromatic carbocycles. The molecule has 0 fully saturated rings. The molecule has 0 aliphatic carbocycles. The first-order chi connectivity index (χ1) is 7.85. The van der Waals surface area contributed by atoms with Crippen molar-refractivity contribution in [3.05, 3.63) is 22.2 Å². The number of unbranched alkanes of at least 4 members (excludes halogenated alkanes) is 1. The molecule has 0 unspecified atom stereocenters. The van der Waals surface area contributed by atoms with Crippen molar-refractivity contribution >= 4 is 38.9 Å². The molecule has 0 aromatic heterocycles. The minimum absolute atomic E-state index is 0.00527. The summed E-state index contributed by atoms with van der Waals surface area (Å²) in [5.74, 6) is -0.218. The highest BCUT2D eigenvalue weighted by molar-refractivity contribution is 7.92. The SMILES string of the molecule is CCCCS(=O)(=O)Nc1cc(Cl)c(O)c(Cl)c1. The number of nitrogens with one attached hydrogen (secondary N) is 1. The molecule has 1 rings (SSSR count). The summed E-state index contributed by atoms with van der Waals surface area (Å²) in [6, 6.07) is 2.62. The molecule has 0 bridgehead atoms. The Morgan fingerprint density at radius 2 is 1.82 bits per heavy atom. The van der Waals surface area contributed by atoms with Crippen LogP contribution in [0, 0.1) is 0 Å². The van der Waals surface area contributed by atoms with Crippen molar-refractivity contribution in [1.29, 1.82) is 0 Å². The number of aromatic hydroxyl groups is 1. The van der Waals surface area contributed by atoms with Gasteiger partial charge >= 0.3 is 0 Å². The maximum Gasteiger partial charge on any atom is 0.232 e. The zero-order chi connectivity index (χ0) is 13.1. The predicted octanol–water partition coefficient (Wildman–Crippen LogP) is 3.24. The number of anilines is 1. The lowest BCUT2D eigenvalue weighted by Gasteiger charge is -2.09. The molecule has 7 heteroatoms. The lowest BCUT2D eigenvalue weighted by molar-refractivity contribution is 0.476. The number of hydrogen-bond acceptors (Lipinski definition) is 3. The van der Waals surface area contributed by atoms with Crippen LogP contribution in [0.15, 0.2) is 12.1 Å². The van der Waals surface area contributed by atoms with E-state index >= 15 is 0 Å². The summed E-state index contributed by atoms with van der Waals surface area (Å²) in [5.41, 5.74) is 0.244. The third-order valence-electron chi connectivity index (χ3n) is 2.06. The molecule has 0 aliphatic heterocycles. The number of phenolic OH excluding ortho intramolecular Hbond substituents is 1. The van der Waals surface area contributed by atoms with Crippen molar-refractivity contribution in [3.63, 3.8) is 0 Å². The molecular weight excluding hydrogens is 285 g/mol. The fourth-order valence-electron chi connectivity index (χ4n) is 1.19. The predicted molar refractivity (Wildman–Crippen MR) is 70.4 cm³/mol. The van der Waals surface area contributed by atoms with E-state index in [2.05, 4.69) is 4.72 Å². The Morgan fingerprint density at radius 1 is 1.29 bits per heavy atom. The summed E-state index contributed by atoms with van der Waals surface area (Å²) in [5, 5.41) is 9.34. The van der Waals surface area contributed by atoms with Crippen molar-refractivity contribution in [2.45, 2.75) is 19.8 Å². The van der Waals surface area contributed by atoms with Crippen molar-refractivity contribution < 1.29 is 13.5 Å². The van der Waals surface area contributed by atoms with Crippen LogP contribution in [-0.2, 0) is 10.0 Å². The summed E-state index contributed by atoms with van der Waals surface area (Å²) in [6.07, 6.45) is 1.37. The van der Waals surface area contributed by atoms with E-state index in [4.69, 9.17) is 23.2 Å². The lowest BCUT2D eigenvalue weighted by Crippen LogP contribution is -2.16. The summed E-state index contributed by atoms with van der Waals surface area (Å²) in [4.78, 5) is 0. The van der Waals surface area contributed by atoms with Crippen LogP contribution in [0.25, 0.3) is 0 Å². The molecule has 0 aliphatic rings. The highest BCUT2D eigenvalue weighted by Gasteiger charge is 2.12. The Labute approximate surface area is 111 Å². The highest BCUT2D eigenvalue weighted by Crippen LogP contribution is 2.34. The Morgan fingerprint density at radius 3 is 2.29 bits per heavy atom. The Bertz CT molecular complexity index is 479. The van der Waals surface area contributed by atoms with Crippen molar-refractivity contribution in [2.24, 2.45) is 0 Å². The van der Waals surface area contributed by atoms with Crippen molar-refractivity contribution in [3.8, 4) is 5.75 Å². The number of hydrogen-bond donors (Lipinski definition) is 2. The van der Waals surface area contributed by atoms with Crippen LogP contribution in [0.3, 0.4) is 0 Å². The molecule has 0 atom stereocenters. The fourth-order valence-corrected chi connectivity index (χ4v) is 2.92. The van der Waals surface area contributed by atoms with Gasteiger partial charge < -0.3 is 5.11 Å². The van der Waals surface area contributed by atoms with Gasteiger partial charge in [0.2, 0.25) is 10.0 Å². The molecule has 0 amide bonds. The van der Waals surface area contributed by atoms with E-state index in [0.29, 0.717) is 6.42 Å². The van der Waals surface area contributed by atoms with E-state index in [1.807, 2.05) is 6.92 Å². The molecule has 2 N–H and O–H groups in total. The second kappa shape index (κ2) is 5.80. The van der Waals surface area contributed by atoms with Crippen LogP contribution >= 0.6 is 23.2 Å². The quantitative estimate of drug-likeness (QED) is 0.820. The topological polar surface area (TPSA) is 66.4 Å². The number of rotatable bonds is 5. The van der Waals surface area contributed by atoms with E-state index in [-0.39, 0.29) is 27.2 Å². The molecule has 0 radical (unpaired) electrons. The van der Waals surface area contributed by atoms with Gasteiger partial charge in [0.1, 0.15) is 0 Å². The standard InChI is InChI=1S/C10H13Cl2NO3S/c1-2-3-4-17(15,16)13-7-5-8(11)10(14)9(12)6-7/h5-6,13-14H,2-4H2,1H3. The van der Waals surface area contributed by atoms with Crippen LogP contribution in [-0.4, -0.2) is 19.3 Å². The van der Waals surface area contributed by atoms with E-state index in [9.17, 15) is 13.5 Å². The molecule has 0 saturated carbocycles. The maximum absolute atomic E-state index is 11.6. The zero-order valence-electron chi connectivity index (χ0n) is 9.20. The van der Waals surface area contributed by atoms with Crippen molar-refractivity contribution in [1.82, 2.24) is 0 Å². The van der Waals surface area contributed by atoms with Crippen LogP contribution in [0.1, 0.15) is 19.8 Å². The minimum atomic E-state index is -3.39. The van der Waals surface area contributed by atoms with Gasteiger partial charge in [-0.05, 0) is 18.6 Å². The minimum Gasteiger partial charge on any atom is -0.505 e. The van der Waals surface area contributed by atoms with Crippen LogP contribution in [0.2, 0.25) is 10.0 Å². The number of benzene rings is 1. The van der Waals surface area contributed by atoms with E-state index in [1.54, 1.807) is 0 Å². The first kappa shape index (κ1) is 14.4. The summed E-state index contributed by atoms with van der Waals surface area (Å²) in [6.45, 7) is 1.91. The van der Waals surface area contributed by atoms with Gasteiger partial charge in [-0.25, -0.2) is 8.42 Å². The van der Waals surface area contributed by atoms with Gasteiger partial charge in [-0.15, -0.1) is 0 Å². The van der Waals surface area contributed by atoms with Gasteiger partial charge in [-0.1, -0.05) is 36.5 Å². The Hall–Kier alpha value is -0.650. The van der Waals surface area contributed by atoms with Gasteiger partial charge in [0.05, 0.1) is 21.5 Å². The van der Waals surface area contributed by atoms with E-state index < -0.39 is 10.0 Å². The summed E-state index contributed by atoms with van der Waals surface area (Å²) in [7, 11) is -3.39. The third kappa shape index (κ3) is 4.26. The van der Waals surface area contributed by atoms with Gasteiger partial charge in [0, 0.05) is 0 Å².